The lowest BCUT2D eigenvalue weighted by molar-refractivity contribution is -0.160. The molecule has 1 N–H and O–H groups in total. The zero-order valence-electron chi connectivity index (χ0n) is 13.8. The summed E-state index contributed by atoms with van der Waals surface area (Å²) in [4.78, 5) is 25.7. The maximum atomic E-state index is 14.1. The largest absolute Gasteiger partial charge is 0.356 e. The first-order valence-electron chi connectivity index (χ1n) is 8.30. The molecular weight excluding hydrogens is 314 g/mol. The fraction of sp³-hybridized carbons (Fsp3) is 0.556. The van der Waals surface area contributed by atoms with Gasteiger partial charge in [-0.2, -0.15) is 0 Å². The van der Waals surface area contributed by atoms with Crippen molar-refractivity contribution >= 4 is 11.8 Å². The van der Waals surface area contributed by atoms with Crippen molar-refractivity contribution in [3.63, 3.8) is 0 Å². The molecule has 0 radical (unpaired) electrons. The van der Waals surface area contributed by atoms with Gasteiger partial charge in [-0.1, -0.05) is 24.3 Å². The molecule has 1 spiro atoms. The van der Waals surface area contributed by atoms with E-state index < -0.39 is 24.3 Å². The van der Waals surface area contributed by atoms with Crippen molar-refractivity contribution < 1.29 is 18.4 Å². The third kappa shape index (κ3) is 3.28. The molecule has 1 aromatic rings. The van der Waals surface area contributed by atoms with Crippen LogP contribution in [0.3, 0.4) is 0 Å². The number of hydrogen-bond acceptors (Lipinski definition) is 2. The van der Waals surface area contributed by atoms with Crippen LogP contribution in [0.1, 0.15) is 30.4 Å². The number of amides is 2. The van der Waals surface area contributed by atoms with E-state index in [0.29, 0.717) is 19.4 Å². The Morgan fingerprint density at radius 1 is 1.29 bits per heavy atom. The number of halogens is 2. The summed E-state index contributed by atoms with van der Waals surface area (Å²) in [7, 11) is 0. The van der Waals surface area contributed by atoms with E-state index in [9.17, 15) is 18.4 Å². The highest BCUT2D eigenvalue weighted by Crippen LogP contribution is 2.43. The minimum absolute atomic E-state index is 0.0982. The first-order valence-corrected chi connectivity index (χ1v) is 8.30. The molecule has 0 bridgehead atoms. The molecule has 2 amide bonds. The summed E-state index contributed by atoms with van der Waals surface area (Å²) in [6.45, 7) is 1.88. The monoisotopic (exact) mass is 336 g/mol. The molecule has 2 aliphatic heterocycles. The fourth-order valence-electron chi connectivity index (χ4n) is 3.81. The van der Waals surface area contributed by atoms with Crippen LogP contribution in [-0.2, 0) is 16.0 Å². The summed E-state index contributed by atoms with van der Waals surface area (Å²) in [5.41, 5.74) is 1.00. The lowest BCUT2D eigenvalue weighted by Gasteiger charge is -2.42. The topological polar surface area (TPSA) is 49.4 Å². The number of alkyl halides is 2. The van der Waals surface area contributed by atoms with Crippen LogP contribution >= 0.6 is 0 Å². The molecule has 2 heterocycles. The van der Waals surface area contributed by atoms with Crippen molar-refractivity contribution in [3.05, 3.63) is 35.4 Å². The van der Waals surface area contributed by atoms with E-state index in [1.807, 2.05) is 31.2 Å². The number of aryl methyl sites for hydroxylation is 2. The maximum absolute atomic E-state index is 14.1. The SMILES string of the molecule is Cc1ccccc1CCC(=O)N1CC(F)(F)C[C@@]2(CCNC2=O)C1. The second-order valence-corrected chi connectivity index (χ2v) is 7.00. The van der Waals surface area contributed by atoms with Gasteiger partial charge in [0.1, 0.15) is 0 Å². The van der Waals surface area contributed by atoms with Gasteiger partial charge in [-0.3, -0.25) is 9.59 Å². The Bertz CT molecular complexity index is 662. The smallest absolute Gasteiger partial charge is 0.266 e. The number of carbonyl (C=O) groups is 2. The summed E-state index contributed by atoms with van der Waals surface area (Å²) >= 11 is 0. The van der Waals surface area contributed by atoms with Gasteiger partial charge in [0.15, 0.2) is 0 Å². The molecule has 1 aromatic carbocycles. The molecule has 2 aliphatic rings. The van der Waals surface area contributed by atoms with Gasteiger partial charge >= 0.3 is 0 Å². The summed E-state index contributed by atoms with van der Waals surface area (Å²) in [5, 5.41) is 2.63. The lowest BCUT2D eigenvalue weighted by Crippen LogP contribution is -2.56. The molecule has 0 saturated carbocycles. The summed E-state index contributed by atoms with van der Waals surface area (Å²) in [5.74, 6) is -3.67. The molecule has 6 heteroatoms. The van der Waals surface area contributed by atoms with E-state index in [1.54, 1.807) is 0 Å². The lowest BCUT2D eigenvalue weighted by atomic mass is 9.77. The second-order valence-electron chi connectivity index (χ2n) is 7.00. The fourth-order valence-corrected chi connectivity index (χ4v) is 3.81. The van der Waals surface area contributed by atoms with Crippen molar-refractivity contribution in [2.24, 2.45) is 5.41 Å². The highest BCUT2D eigenvalue weighted by Gasteiger charge is 2.55. The number of hydrogen-bond donors (Lipinski definition) is 1. The first-order chi connectivity index (χ1) is 11.3. The van der Waals surface area contributed by atoms with Crippen LogP contribution in [0.15, 0.2) is 24.3 Å². The Kier molecular flexibility index (Phi) is 4.32. The number of likely N-dealkylation sites (tertiary alicyclic amines) is 1. The van der Waals surface area contributed by atoms with Crippen molar-refractivity contribution in [3.8, 4) is 0 Å². The average Bonchev–Trinajstić information content (AvgIpc) is 2.84. The molecule has 3 rings (SSSR count). The third-order valence-electron chi connectivity index (χ3n) is 5.11. The van der Waals surface area contributed by atoms with Gasteiger partial charge in [0.05, 0.1) is 12.0 Å². The molecule has 0 aliphatic carbocycles. The van der Waals surface area contributed by atoms with Crippen LogP contribution in [0.4, 0.5) is 8.78 Å². The molecule has 2 saturated heterocycles. The van der Waals surface area contributed by atoms with Gasteiger partial charge in [0.2, 0.25) is 11.8 Å². The summed E-state index contributed by atoms with van der Waals surface area (Å²) < 4.78 is 28.3. The summed E-state index contributed by atoms with van der Waals surface area (Å²) in [6.07, 6.45) is 0.599. The minimum Gasteiger partial charge on any atom is -0.356 e. The minimum atomic E-state index is -3.02. The van der Waals surface area contributed by atoms with Gasteiger partial charge in [-0.15, -0.1) is 0 Å². The van der Waals surface area contributed by atoms with E-state index in [2.05, 4.69) is 5.32 Å². The van der Waals surface area contributed by atoms with E-state index in [4.69, 9.17) is 0 Å². The predicted molar refractivity (Wildman–Crippen MR) is 85.7 cm³/mol. The van der Waals surface area contributed by atoms with E-state index >= 15 is 0 Å². The molecule has 24 heavy (non-hydrogen) atoms. The van der Waals surface area contributed by atoms with Gasteiger partial charge in [0, 0.05) is 25.9 Å². The van der Waals surface area contributed by atoms with Crippen LogP contribution in [0.2, 0.25) is 0 Å². The number of nitrogens with zero attached hydrogens (tertiary/aromatic N) is 1. The quantitative estimate of drug-likeness (QED) is 0.921. The highest BCUT2D eigenvalue weighted by molar-refractivity contribution is 5.86. The van der Waals surface area contributed by atoms with Gasteiger partial charge < -0.3 is 10.2 Å². The van der Waals surface area contributed by atoms with Crippen molar-refractivity contribution in [1.29, 1.82) is 0 Å². The maximum Gasteiger partial charge on any atom is 0.266 e. The number of carbonyl (C=O) groups excluding carboxylic acids is 2. The first kappa shape index (κ1) is 16.9. The normalized spacial score (nSPS) is 25.8. The zero-order valence-corrected chi connectivity index (χ0v) is 13.8. The molecule has 0 aromatic heterocycles. The highest BCUT2D eigenvalue weighted by atomic mass is 19.3. The van der Waals surface area contributed by atoms with E-state index in [0.717, 1.165) is 11.1 Å². The van der Waals surface area contributed by atoms with Crippen LogP contribution in [-0.4, -0.2) is 42.3 Å². The van der Waals surface area contributed by atoms with Crippen LogP contribution in [0.5, 0.6) is 0 Å². The van der Waals surface area contributed by atoms with Crippen molar-refractivity contribution in [2.75, 3.05) is 19.6 Å². The van der Waals surface area contributed by atoms with E-state index in [-0.39, 0.29) is 24.8 Å². The van der Waals surface area contributed by atoms with Gasteiger partial charge in [-0.05, 0) is 30.9 Å². The van der Waals surface area contributed by atoms with Gasteiger partial charge in [0.25, 0.3) is 5.92 Å². The number of rotatable bonds is 3. The molecule has 0 unspecified atom stereocenters. The molecular formula is C18H22F2N2O2. The van der Waals surface area contributed by atoms with Gasteiger partial charge in [-0.25, -0.2) is 8.78 Å². The Hall–Kier alpha value is -1.98. The number of piperidine rings is 1. The zero-order chi connectivity index (χ0) is 17.4. The molecule has 4 nitrogen and oxygen atoms in total. The van der Waals surface area contributed by atoms with Crippen molar-refractivity contribution in [1.82, 2.24) is 10.2 Å². The Morgan fingerprint density at radius 3 is 2.71 bits per heavy atom. The van der Waals surface area contributed by atoms with E-state index in [1.165, 1.54) is 4.90 Å². The molecule has 130 valence electrons. The third-order valence-corrected chi connectivity index (χ3v) is 5.11. The predicted octanol–water partition coefficient (Wildman–Crippen LogP) is 2.30. The van der Waals surface area contributed by atoms with Crippen LogP contribution < -0.4 is 5.32 Å². The van der Waals surface area contributed by atoms with Crippen LogP contribution in [0.25, 0.3) is 0 Å². The van der Waals surface area contributed by atoms with Crippen molar-refractivity contribution in [2.45, 2.75) is 38.5 Å². The Labute approximate surface area is 140 Å². The molecule has 2 fully saturated rings. The number of nitrogens with one attached hydrogen (secondary N) is 1. The molecule has 1 atom stereocenters. The van der Waals surface area contributed by atoms with Crippen LogP contribution in [0, 0.1) is 12.3 Å². The average molecular weight is 336 g/mol. The Balaban J connectivity index is 1.70. The number of benzene rings is 1. The summed E-state index contributed by atoms with van der Waals surface area (Å²) in [6, 6.07) is 7.74. The standard InChI is InChI=1S/C18H22F2N2O2/c1-13-4-2-3-5-14(13)6-7-15(23)22-11-17(8-9-21-16(17)24)10-18(19,20)12-22/h2-5H,6-12H2,1H3,(H,21,24)/t17-/m0/s1. The second kappa shape index (κ2) is 6.15. The Morgan fingerprint density at radius 2 is 2.04 bits per heavy atom.